The first-order chi connectivity index (χ1) is 20.6. The van der Waals surface area contributed by atoms with E-state index in [1.165, 1.54) is 20.0 Å². The van der Waals surface area contributed by atoms with Gasteiger partial charge in [-0.1, -0.05) is 38.8 Å². The molecule has 1 aliphatic carbocycles. The van der Waals surface area contributed by atoms with E-state index in [0.29, 0.717) is 48.2 Å². The lowest BCUT2D eigenvalue weighted by Gasteiger charge is -2.41. The van der Waals surface area contributed by atoms with Crippen LogP contribution in [0.1, 0.15) is 69.4 Å². The predicted octanol–water partition coefficient (Wildman–Crippen LogP) is 4.00. The third-order valence-electron chi connectivity index (χ3n) is 7.89. The summed E-state index contributed by atoms with van der Waals surface area (Å²) >= 11 is 0. The summed E-state index contributed by atoms with van der Waals surface area (Å²) in [6, 6.07) is 8.01. The Labute approximate surface area is 252 Å². The molecule has 2 heterocycles. The van der Waals surface area contributed by atoms with Gasteiger partial charge in [0.1, 0.15) is 17.6 Å². The van der Waals surface area contributed by atoms with E-state index in [1.54, 1.807) is 34.3 Å². The number of urea groups is 1. The lowest BCUT2D eigenvalue weighted by Crippen LogP contribution is -2.62. The molecule has 1 atom stereocenters. The monoisotopic (exact) mass is 594 g/mol. The number of rotatable bonds is 12. The van der Waals surface area contributed by atoms with Crippen molar-refractivity contribution in [3.63, 3.8) is 0 Å². The fourth-order valence-electron chi connectivity index (χ4n) is 5.78. The average molecular weight is 595 g/mol. The molecule has 1 aromatic carbocycles. The number of carboxylic acids is 1. The minimum absolute atomic E-state index is 0.0311. The highest BCUT2D eigenvalue weighted by atomic mass is 16.5. The number of aliphatic carboxylic acids is 1. The molecule has 232 valence electrons. The van der Waals surface area contributed by atoms with Gasteiger partial charge in [0, 0.05) is 25.8 Å². The third-order valence-corrected chi connectivity index (χ3v) is 7.89. The van der Waals surface area contributed by atoms with E-state index in [0.717, 1.165) is 18.4 Å². The summed E-state index contributed by atoms with van der Waals surface area (Å²) in [6.07, 6.45) is 6.62. The van der Waals surface area contributed by atoms with Gasteiger partial charge in [0.25, 0.3) is 0 Å². The number of carbonyl (C=O) groups excluding carboxylic acids is 3. The zero-order chi connectivity index (χ0) is 30.9. The van der Waals surface area contributed by atoms with Crippen LogP contribution in [-0.4, -0.2) is 76.6 Å². The first-order valence-corrected chi connectivity index (χ1v) is 14.9. The molecule has 1 saturated carbocycles. The van der Waals surface area contributed by atoms with Crippen molar-refractivity contribution in [2.75, 3.05) is 37.4 Å². The normalized spacial score (nSPS) is 17.6. The van der Waals surface area contributed by atoms with Crippen LogP contribution in [-0.2, 0) is 20.8 Å². The number of piperazine rings is 1. The van der Waals surface area contributed by atoms with Crippen LogP contribution in [0.15, 0.2) is 36.5 Å². The fraction of sp³-hybridized carbons (Fsp3) is 0.516. The summed E-state index contributed by atoms with van der Waals surface area (Å²) < 4.78 is 5.51. The zero-order valence-electron chi connectivity index (χ0n) is 25.1. The lowest BCUT2D eigenvalue weighted by atomic mass is 9.98. The number of anilines is 2. The van der Waals surface area contributed by atoms with Gasteiger partial charge in [-0.3, -0.25) is 25.1 Å². The molecule has 2 aromatic rings. The number of benzene rings is 1. The van der Waals surface area contributed by atoms with Crippen molar-refractivity contribution in [2.45, 2.75) is 70.8 Å². The Hall–Kier alpha value is -4.19. The van der Waals surface area contributed by atoms with Crippen molar-refractivity contribution < 1.29 is 29.0 Å². The van der Waals surface area contributed by atoms with Crippen molar-refractivity contribution in [3.8, 4) is 5.75 Å². The number of carbonyl (C=O) groups is 4. The Morgan fingerprint density at radius 3 is 2.58 bits per heavy atom. The quantitative estimate of drug-likeness (QED) is 0.288. The molecule has 4 rings (SSSR count). The number of nitrogens with one attached hydrogen (secondary N) is 3. The number of pyridine rings is 1. The second-order valence-electron chi connectivity index (χ2n) is 11.6. The van der Waals surface area contributed by atoms with Gasteiger partial charge >= 0.3 is 12.0 Å². The third kappa shape index (κ3) is 8.66. The van der Waals surface area contributed by atoms with Crippen molar-refractivity contribution in [2.24, 2.45) is 5.92 Å². The van der Waals surface area contributed by atoms with Crippen molar-refractivity contribution in [1.29, 1.82) is 0 Å². The number of aromatic nitrogens is 1. The number of hydrogen-bond donors (Lipinski definition) is 4. The highest BCUT2D eigenvalue weighted by Crippen LogP contribution is 2.37. The van der Waals surface area contributed by atoms with E-state index in [-0.39, 0.29) is 37.1 Å². The molecule has 4 amide bonds. The number of hydrazine groups is 1. The first kappa shape index (κ1) is 31.7. The van der Waals surface area contributed by atoms with E-state index in [2.05, 4.69) is 21.0 Å². The maximum atomic E-state index is 13.1. The molecular weight excluding hydrogens is 552 g/mol. The molecule has 1 aromatic heterocycles. The molecular formula is C31H42N6O6. The minimum atomic E-state index is -0.956. The molecule has 2 aliphatic rings. The number of methoxy groups -OCH3 is 1. The topological polar surface area (TPSA) is 153 Å². The summed E-state index contributed by atoms with van der Waals surface area (Å²) in [5.74, 6) is 0.106. The second-order valence-corrected chi connectivity index (χ2v) is 11.6. The molecule has 12 nitrogen and oxygen atoms in total. The van der Waals surface area contributed by atoms with Crippen molar-refractivity contribution >= 4 is 35.3 Å². The maximum absolute atomic E-state index is 13.1. The van der Waals surface area contributed by atoms with Crippen molar-refractivity contribution in [3.05, 3.63) is 47.7 Å². The van der Waals surface area contributed by atoms with Gasteiger partial charge in [-0.05, 0) is 60.4 Å². The van der Waals surface area contributed by atoms with Gasteiger partial charge in [0.2, 0.25) is 11.8 Å². The van der Waals surface area contributed by atoms with E-state index in [1.807, 2.05) is 26.0 Å². The SMILES string of the molecule is COc1cc(CC(=O)NN2CCN(CCC(=O)O)C(=O)C2CC(C)C)ccc1NC(=O)Nc1ncccc1C1CCCC1. The number of ether oxygens (including phenoxy) is 1. The average Bonchev–Trinajstić information content (AvgIpc) is 3.50. The van der Waals surface area contributed by atoms with E-state index in [9.17, 15) is 19.2 Å². The van der Waals surface area contributed by atoms with Crippen LogP contribution in [0.3, 0.4) is 0 Å². The van der Waals surface area contributed by atoms with Crippen LogP contribution in [0, 0.1) is 5.92 Å². The zero-order valence-corrected chi connectivity index (χ0v) is 25.1. The Kier molecular flexibility index (Phi) is 10.9. The Morgan fingerprint density at radius 2 is 1.88 bits per heavy atom. The molecule has 1 saturated heterocycles. The van der Waals surface area contributed by atoms with Crippen LogP contribution in [0.2, 0.25) is 0 Å². The number of carboxylic acid groups (broad SMARTS) is 1. The van der Waals surface area contributed by atoms with Gasteiger partial charge in [0.15, 0.2) is 0 Å². The van der Waals surface area contributed by atoms with Crippen LogP contribution in [0.4, 0.5) is 16.3 Å². The lowest BCUT2D eigenvalue weighted by molar-refractivity contribution is -0.148. The van der Waals surface area contributed by atoms with Gasteiger partial charge < -0.3 is 20.1 Å². The largest absolute Gasteiger partial charge is 0.495 e. The fourth-order valence-corrected chi connectivity index (χ4v) is 5.78. The van der Waals surface area contributed by atoms with Gasteiger partial charge in [-0.2, -0.15) is 0 Å². The van der Waals surface area contributed by atoms with Crippen LogP contribution in [0.25, 0.3) is 0 Å². The minimum Gasteiger partial charge on any atom is -0.495 e. The summed E-state index contributed by atoms with van der Waals surface area (Å²) in [5, 5.41) is 16.4. The number of amides is 4. The number of nitrogens with zero attached hydrogens (tertiary/aromatic N) is 3. The van der Waals surface area contributed by atoms with Gasteiger partial charge in [0.05, 0.1) is 25.6 Å². The first-order valence-electron chi connectivity index (χ1n) is 14.9. The number of hydrogen-bond acceptors (Lipinski definition) is 7. The van der Waals surface area contributed by atoms with Crippen LogP contribution < -0.4 is 20.8 Å². The van der Waals surface area contributed by atoms with Crippen molar-refractivity contribution in [1.82, 2.24) is 20.3 Å². The standard InChI is InChI=1S/C31H42N6O6/c1-20(2)17-25-30(41)36(14-12-28(39)40)15-16-37(25)35-27(38)19-21-10-11-24(26(18-21)43-3)33-31(42)34-29-23(9-6-13-32-29)22-7-4-5-8-22/h6,9-11,13,18,20,22,25H,4-5,7-8,12,14-17,19H2,1-3H3,(H,35,38)(H,39,40)(H2,32,33,34,42). The molecule has 0 spiro atoms. The van der Waals surface area contributed by atoms with E-state index >= 15 is 0 Å². The smallest absolute Gasteiger partial charge is 0.324 e. The van der Waals surface area contributed by atoms with Gasteiger partial charge in [-0.25, -0.2) is 14.8 Å². The van der Waals surface area contributed by atoms with Crippen LogP contribution >= 0.6 is 0 Å². The molecule has 1 unspecified atom stereocenters. The second kappa shape index (κ2) is 14.8. The molecule has 0 radical (unpaired) electrons. The van der Waals surface area contributed by atoms with E-state index < -0.39 is 18.0 Å². The summed E-state index contributed by atoms with van der Waals surface area (Å²) in [6.45, 7) is 4.87. The molecule has 2 fully saturated rings. The Morgan fingerprint density at radius 1 is 1.12 bits per heavy atom. The van der Waals surface area contributed by atoms with Crippen LogP contribution in [0.5, 0.6) is 5.75 Å². The molecule has 43 heavy (non-hydrogen) atoms. The highest BCUT2D eigenvalue weighted by molar-refractivity contribution is 6.00. The van der Waals surface area contributed by atoms with E-state index in [4.69, 9.17) is 9.84 Å². The molecule has 12 heteroatoms. The maximum Gasteiger partial charge on any atom is 0.324 e. The summed E-state index contributed by atoms with van der Waals surface area (Å²) in [4.78, 5) is 56.0. The van der Waals surface area contributed by atoms with Gasteiger partial charge in [-0.15, -0.1) is 0 Å². The highest BCUT2D eigenvalue weighted by Gasteiger charge is 2.36. The summed E-state index contributed by atoms with van der Waals surface area (Å²) in [5.41, 5.74) is 5.04. The summed E-state index contributed by atoms with van der Waals surface area (Å²) in [7, 11) is 1.49. The predicted molar refractivity (Wildman–Crippen MR) is 162 cm³/mol. The molecule has 0 bridgehead atoms. The molecule has 1 aliphatic heterocycles. The Balaban J connectivity index is 1.37. The Bertz CT molecular complexity index is 1310. The molecule has 4 N–H and O–H groups in total.